The van der Waals surface area contributed by atoms with E-state index in [1.165, 1.54) is 5.56 Å². The summed E-state index contributed by atoms with van der Waals surface area (Å²) in [7, 11) is 0. The van der Waals surface area contributed by atoms with E-state index in [4.69, 9.17) is 17.0 Å². The van der Waals surface area contributed by atoms with Gasteiger partial charge in [-0.1, -0.05) is 12.1 Å². The molecule has 0 radical (unpaired) electrons. The molecule has 20 heavy (non-hydrogen) atoms. The minimum atomic E-state index is 0.569. The molecule has 0 saturated carbocycles. The van der Waals surface area contributed by atoms with Crippen LogP contribution in [0.5, 0.6) is 5.75 Å². The molecule has 2 rings (SSSR count). The van der Waals surface area contributed by atoms with E-state index in [1.807, 2.05) is 62.4 Å². The molecule has 2 aromatic rings. The van der Waals surface area contributed by atoms with Crippen molar-refractivity contribution in [3.05, 3.63) is 54.1 Å². The van der Waals surface area contributed by atoms with Crippen molar-refractivity contribution in [3.8, 4) is 5.75 Å². The predicted octanol–water partition coefficient (Wildman–Crippen LogP) is 4.20. The first-order chi connectivity index (χ1) is 9.67. The highest BCUT2D eigenvalue weighted by molar-refractivity contribution is 7.80. The van der Waals surface area contributed by atoms with Crippen molar-refractivity contribution in [1.82, 2.24) is 0 Å². The van der Waals surface area contributed by atoms with Gasteiger partial charge in [-0.2, -0.15) is 0 Å². The van der Waals surface area contributed by atoms with Gasteiger partial charge in [-0.15, -0.1) is 0 Å². The Kier molecular flexibility index (Phi) is 4.96. The molecular weight excluding hydrogens is 268 g/mol. The van der Waals surface area contributed by atoms with E-state index in [0.29, 0.717) is 11.7 Å². The van der Waals surface area contributed by atoms with Crippen molar-refractivity contribution >= 4 is 28.7 Å². The van der Waals surface area contributed by atoms with Crippen LogP contribution in [0.3, 0.4) is 0 Å². The molecule has 2 aromatic carbocycles. The van der Waals surface area contributed by atoms with Gasteiger partial charge in [0.1, 0.15) is 5.75 Å². The second kappa shape index (κ2) is 6.91. The largest absolute Gasteiger partial charge is 0.494 e. The van der Waals surface area contributed by atoms with Crippen LogP contribution in [0.2, 0.25) is 0 Å². The number of benzene rings is 2. The van der Waals surface area contributed by atoms with Crippen molar-refractivity contribution in [3.63, 3.8) is 0 Å². The lowest BCUT2D eigenvalue weighted by molar-refractivity contribution is 0.340. The number of rotatable bonds is 4. The minimum absolute atomic E-state index is 0.569. The summed E-state index contributed by atoms with van der Waals surface area (Å²) >= 11 is 5.29. The lowest BCUT2D eigenvalue weighted by Gasteiger charge is -2.11. The van der Waals surface area contributed by atoms with Gasteiger partial charge in [0.05, 0.1) is 6.61 Å². The highest BCUT2D eigenvalue weighted by atomic mass is 32.1. The van der Waals surface area contributed by atoms with Crippen molar-refractivity contribution < 1.29 is 4.74 Å². The predicted molar refractivity (Wildman–Crippen MR) is 88.6 cm³/mol. The maximum Gasteiger partial charge on any atom is 0.175 e. The average molecular weight is 286 g/mol. The fourth-order valence-corrected chi connectivity index (χ4v) is 2.05. The standard InChI is InChI=1S/C16H18N2OS/c1-3-19-15-9-7-13(8-10-15)17-16(20)18-14-6-4-5-12(2)11-14/h4-11H,3H2,1-2H3,(H2,17,18,20). The van der Waals surface area contributed by atoms with E-state index < -0.39 is 0 Å². The molecule has 3 nitrogen and oxygen atoms in total. The summed E-state index contributed by atoms with van der Waals surface area (Å²) in [6.07, 6.45) is 0. The molecule has 0 atom stereocenters. The maximum atomic E-state index is 5.40. The fraction of sp³-hybridized carbons (Fsp3) is 0.188. The van der Waals surface area contributed by atoms with Crippen LogP contribution in [0.15, 0.2) is 48.5 Å². The van der Waals surface area contributed by atoms with Crippen LogP contribution in [0.25, 0.3) is 0 Å². The van der Waals surface area contributed by atoms with Crippen molar-refractivity contribution in [2.24, 2.45) is 0 Å². The van der Waals surface area contributed by atoms with E-state index in [9.17, 15) is 0 Å². The van der Waals surface area contributed by atoms with E-state index >= 15 is 0 Å². The molecule has 0 fully saturated rings. The maximum absolute atomic E-state index is 5.40. The first-order valence-electron chi connectivity index (χ1n) is 6.55. The Morgan fingerprint density at radius 1 is 1.05 bits per heavy atom. The van der Waals surface area contributed by atoms with Gasteiger partial charge in [0.25, 0.3) is 0 Å². The summed E-state index contributed by atoms with van der Waals surface area (Å²) in [5.41, 5.74) is 3.10. The van der Waals surface area contributed by atoms with Gasteiger partial charge in [-0.25, -0.2) is 0 Å². The van der Waals surface area contributed by atoms with Crippen molar-refractivity contribution in [1.29, 1.82) is 0 Å². The highest BCUT2D eigenvalue weighted by Crippen LogP contribution is 2.16. The number of anilines is 2. The van der Waals surface area contributed by atoms with Crippen LogP contribution in [0.1, 0.15) is 12.5 Å². The molecule has 0 bridgehead atoms. The number of ether oxygens (including phenoxy) is 1. The number of thiocarbonyl (C=S) groups is 1. The molecule has 0 aliphatic heterocycles. The molecule has 104 valence electrons. The van der Waals surface area contributed by atoms with Gasteiger partial charge >= 0.3 is 0 Å². The van der Waals surface area contributed by atoms with Gasteiger partial charge in [-0.05, 0) is 68.0 Å². The van der Waals surface area contributed by atoms with Crippen LogP contribution in [-0.4, -0.2) is 11.7 Å². The molecule has 0 aliphatic rings. The Bertz CT molecular complexity index is 581. The van der Waals surface area contributed by atoms with Crippen LogP contribution in [0.4, 0.5) is 11.4 Å². The topological polar surface area (TPSA) is 33.3 Å². The Morgan fingerprint density at radius 2 is 1.75 bits per heavy atom. The zero-order chi connectivity index (χ0) is 14.4. The molecule has 0 aromatic heterocycles. The highest BCUT2D eigenvalue weighted by Gasteiger charge is 2.00. The van der Waals surface area contributed by atoms with Crippen LogP contribution >= 0.6 is 12.2 Å². The van der Waals surface area contributed by atoms with E-state index in [-0.39, 0.29) is 0 Å². The number of hydrogen-bond acceptors (Lipinski definition) is 2. The third-order valence-corrected chi connectivity index (χ3v) is 2.90. The second-order valence-corrected chi connectivity index (χ2v) is 4.81. The summed E-state index contributed by atoms with van der Waals surface area (Å²) in [5, 5.41) is 6.87. The van der Waals surface area contributed by atoms with Gasteiger partial charge in [0, 0.05) is 11.4 Å². The zero-order valence-corrected chi connectivity index (χ0v) is 12.5. The Balaban J connectivity index is 1.94. The fourth-order valence-electron chi connectivity index (χ4n) is 1.82. The second-order valence-electron chi connectivity index (χ2n) is 4.41. The SMILES string of the molecule is CCOc1ccc(NC(=S)Nc2cccc(C)c2)cc1. The molecule has 4 heteroatoms. The number of hydrogen-bond donors (Lipinski definition) is 2. The number of nitrogens with one attached hydrogen (secondary N) is 2. The summed E-state index contributed by atoms with van der Waals surface area (Å²) in [6.45, 7) is 4.68. The van der Waals surface area contributed by atoms with Gasteiger partial charge in [-0.3, -0.25) is 0 Å². The third kappa shape index (κ3) is 4.24. The molecule has 0 saturated heterocycles. The van der Waals surface area contributed by atoms with Gasteiger partial charge in [0.2, 0.25) is 0 Å². The minimum Gasteiger partial charge on any atom is -0.494 e. The molecule has 2 N–H and O–H groups in total. The van der Waals surface area contributed by atoms with Crippen LogP contribution < -0.4 is 15.4 Å². The van der Waals surface area contributed by atoms with E-state index in [0.717, 1.165) is 17.1 Å². The van der Waals surface area contributed by atoms with E-state index in [2.05, 4.69) is 10.6 Å². The smallest absolute Gasteiger partial charge is 0.175 e. The molecular formula is C16H18N2OS. The number of aryl methyl sites for hydroxylation is 1. The normalized spacial score (nSPS) is 9.90. The van der Waals surface area contributed by atoms with Gasteiger partial charge < -0.3 is 15.4 Å². The lowest BCUT2D eigenvalue weighted by atomic mass is 10.2. The Hall–Kier alpha value is -2.07. The van der Waals surface area contributed by atoms with Crippen LogP contribution in [-0.2, 0) is 0 Å². The third-order valence-electron chi connectivity index (χ3n) is 2.70. The first-order valence-corrected chi connectivity index (χ1v) is 6.96. The van der Waals surface area contributed by atoms with Gasteiger partial charge in [0.15, 0.2) is 5.11 Å². The zero-order valence-electron chi connectivity index (χ0n) is 11.6. The quantitative estimate of drug-likeness (QED) is 0.825. The van der Waals surface area contributed by atoms with Crippen molar-refractivity contribution in [2.75, 3.05) is 17.2 Å². The summed E-state index contributed by atoms with van der Waals surface area (Å²) in [4.78, 5) is 0. The summed E-state index contributed by atoms with van der Waals surface area (Å²) < 4.78 is 5.40. The molecule has 0 heterocycles. The summed E-state index contributed by atoms with van der Waals surface area (Å²) in [5.74, 6) is 0.857. The Labute approximate surface area is 125 Å². The molecule has 0 spiro atoms. The molecule has 0 aliphatic carbocycles. The first kappa shape index (κ1) is 14.3. The molecule has 0 unspecified atom stereocenters. The molecule has 0 amide bonds. The average Bonchev–Trinajstić information content (AvgIpc) is 2.41. The van der Waals surface area contributed by atoms with Crippen LogP contribution in [0, 0.1) is 6.92 Å². The lowest BCUT2D eigenvalue weighted by Crippen LogP contribution is -2.18. The summed E-state index contributed by atoms with van der Waals surface area (Å²) in [6, 6.07) is 15.8. The Morgan fingerprint density at radius 3 is 2.40 bits per heavy atom. The monoisotopic (exact) mass is 286 g/mol. The van der Waals surface area contributed by atoms with Crippen molar-refractivity contribution in [2.45, 2.75) is 13.8 Å². The van der Waals surface area contributed by atoms with E-state index in [1.54, 1.807) is 0 Å².